The molecule has 35 heavy (non-hydrogen) atoms. The smallest absolute Gasteiger partial charge is 0.255 e. The molecule has 4 aromatic rings. The predicted molar refractivity (Wildman–Crippen MR) is 134 cm³/mol. The number of hydrogen-bond acceptors (Lipinski definition) is 7. The Morgan fingerprint density at radius 1 is 0.943 bits per heavy atom. The third-order valence-corrected chi connectivity index (χ3v) is 5.35. The molecule has 0 saturated heterocycles. The molecule has 0 bridgehead atoms. The van der Waals surface area contributed by atoms with Crippen LogP contribution in [0.5, 0.6) is 11.5 Å². The Morgan fingerprint density at radius 3 is 2.43 bits per heavy atom. The van der Waals surface area contributed by atoms with Crippen LogP contribution in [0.25, 0.3) is 11.3 Å². The lowest BCUT2D eigenvalue weighted by molar-refractivity contribution is 0.102. The highest BCUT2D eigenvalue weighted by Gasteiger charge is 2.11. The maximum Gasteiger partial charge on any atom is 0.255 e. The van der Waals surface area contributed by atoms with E-state index in [0.717, 1.165) is 16.8 Å². The molecule has 1 aromatic heterocycles. The Bertz CT molecular complexity index is 1410. The summed E-state index contributed by atoms with van der Waals surface area (Å²) in [6, 6.07) is 21.4. The van der Waals surface area contributed by atoms with Gasteiger partial charge in [0.25, 0.3) is 5.91 Å². The summed E-state index contributed by atoms with van der Waals surface area (Å²) < 4.78 is 10.7. The number of benzene rings is 3. The molecule has 0 radical (unpaired) electrons. The zero-order chi connectivity index (χ0) is 24.8. The lowest BCUT2D eigenvalue weighted by Gasteiger charge is -2.13. The quantitative estimate of drug-likeness (QED) is 0.379. The summed E-state index contributed by atoms with van der Waals surface area (Å²) in [5, 5.41) is 15.0. The molecule has 0 atom stereocenters. The van der Waals surface area contributed by atoms with Crippen molar-refractivity contribution in [3.8, 4) is 28.8 Å². The first-order chi connectivity index (χ1) is 17.0. The summed E-state index contributed by atoms with van der Waals surface area (Å²) in [5.41, 5.74) is 4.86. The van der Waals surface area contributed by atoms with Crippen LogP contribution in [0, 0.1) is 18.3 Å². The first-order valence-corrected chi connectivity index (χ1v) is 10.8. The summed E-state index contributed by atoms with van der Waals surface area (Å²) in [5.74, 6) is 1.39. The van der Waals surface area contributed by atoms with Crippen molar-refractivity contribution >= 4 is 23.2 Å². The number of amides is 1. The average Bonchev–Trinajstić information content (AvgIpc) is 2.90. The molecule has 4 rings (SSSR count). The number of rotatable bonds is 7. The van der Waals surface area contributed by atoms with Gasteiger partial charge in [0.2, 0.25) is 5.95 Å². The van der Waals surface area contributed by atoms with Crippen LogP contribution < -0.4 is 20.1 Å². The lowest BCUT2D eigenvalue weighted by Crippen LogP contribution is -2.12. The highest BCUT2D eigenvalue weighted by atomic mass is 16.5. The van der Waals surface area contributed by atoms with Crippen molar-refractivity contribution in [1.82, 2.24) is 9.97 Å². The van der Waals surface area contributed by atoms with Crippen molar-refractivity contribution in [2.45, 2.75) is 6.92 Å². The van der Waals surface area contributed by atoms with Crippen LogP contribution in [0.1, 0.15) is 21.5 Å². The molecule has 0 spiro atoms. The Labute approximate surface area is 203 Å². The molecular weight excluding hydrogens is 442 g/mol. The Balaban J connectivity index is 1.54. The van der Waals surface area contributed by atoms with E-state index >= 15 is 0 Å². The molecule has 8 heteroatoms. The molecule has 0 unspecified atom stereocenters. The average molecular weight is 466 g/mol. The van der Waals surface area contributed by atoms with E-state index in [-0.39, 0.29) is 5.91 Å². The van der Waals surface area contributed by atoms with E-state index in [1.807, 2.05) is 55.5 Å². The van der Waals surface area contributed by atoms with Crippen LogP contribution in [0.2, 0.25) is 0 Å². The largest absolute Gasteiger partial charge is 0.493 e. The summed E-state index contributed by atoms with van der Waals surface area (Å²) in [7, 11) is 3.18. The standard InChI is InChI=1S/C27H23N5O3/c1-17-4-10-21(30-26(33)19-7-5-18(16-28)6-8-19)15-23(17)32-27-29-13-12-22(31-27)20-9-11-24(34-2)25(14-20)35-3/h4-15H,1-3H3,(H,30,33)(H,29,31,32). The van der Waals surface area contributed by atoms with E-state index in [9.17, 15) is 4.79 Å². The van der Waals surface area contributed by atoms with Crippen LogP contribution in [-0.2, 0) is 0 Å². The molecule has 1 heterocycles. The number of carbonyl (C=O) groups excluding carboxylic acids is 1. The van der Waals surface area contributed by atoms with Gasteiger partial charge in [-0.25, -0.2) is 9.97 Å². The van der Waals surface area contributed by atoms with Crippen molar-refractivity contribution in [2.75, 3.05) is 24.9 Å². The third-order valence-electron chi connectivity index (χ3n) is 5.35. The first-order valence-electron chi connectivity index (χ1n) is 10.8. The molecule has 0 aliphatic heterocycles. The van der Waals surface area contributed by atoms with E-state index in [2.05, 4.69) is 20.6 Å². The van der Waals surface area contributed by atoms with Gasteiger partial charge in [-0.05, 0) is 73.2 Å². The molecule has 8 nitrogen and oxygen atoms in total. The SMILES string of the molecule is COc1ccc(-c2ccnc(Nc3cc(NC(=O)c4ccc(C#N)cc4)ccc3C)n2)cc1OC. The molecule has 0 aliphatic rings. The Hall–Kier alpha value is -4.90. The van der Waals surface area contributed by atoms with Gasteiger partial charge in [0, 0.05) is 28.7 Å². The maximum atomic E-state index is 12.6. The van der Waals surface area contributed by atoms with Gasteiger partial charge in [-0.15, -0.1) is 0 Å². The fourth-order valence-electron chi connectivity index (χ4n) is 3.43. The third kappa shape index (κ3) is 5.37. The number of carbonyl (C=O) groups is 1. The van der Waals surface area contributed by atoms with Crippen LogP contribution in [0.15, 0.2) is 72.9 Å². The predicted octanol–water partition coefficient (Wildman–Crippen LogP) is 5.34. The van der Waals surface area contributed by atoms with E-state index in [4.69, 9.17) is 14.7 Å². The van der Waals surface area contributed by atoms with Gasteiger partial charge in [-0.1, -0.05) is 6.07 Å². The van der Waals surface area contributed by atoms with Gasteiger partial charge in [0.1, 0.15) is 0 Å². The van der Waals surface area contributed by atoms with E-state index in [1.54, 1.807) is 44.7 Å². The Kier molecular flexibility index (Phi) is 6.88. The number of anilines is 3. The molecular formula is C27H23N5O3. The highest BCUT2D eigenvalue weighted by Crippen LogP contribution is 2.32. The van der Waals surface area contributed by atoms with Crippen LogP contribution >= 0.6 is 0 Å². The zero-order valence-corrected chi connectivity index (χ0v) is 19.5. The molecule has 3 aromatic carbocycles. The molecule has 0 saturated carbocycles. The summed E-state index contributed by atoms with van der Waals surface area (Å²) in [6.45, 7) is 1.95. The topological polar surface area (TPSA) is 109 Å². The lowest BCUT2D eigenvalue weighted by atomic mass is 10.1. The van der Waals surface area contributed by atoms with Gasteiger partial charge in [-0.2, -0.15) is 5.26 Å². The maximum absolute atomic E-state index is 12.6. The second kappa shape index (κ2) is 10.4. The first kappa shape index (κ1) is 23.3. The minimum Gasteiger partial charge on any atom is -0.493 e. The van der Waals surface area contributed by atoms with Crippen molar-refractivity contribution < 1.29 is 14.3 Å². The number of methoxy groups -OCH3 is 2. The molecule has 2 N–H and O–H groups in total. The number of nitrogens with zero attached hydrogens (tertiary/aromatic N) is 3. The summed E-state index contributed by atoms with van der Waals surface area (Å²) in [6.07, 6.45) is 1.67. The van der Waals surface area contributed by atoms with Crippen molar-refractivity contribution in [3.63, 3.8) is 0 Å². The van der Waals surface area contributed by atoms with Crippen molar-refractivity contribution in [2.24, 2.45) is 0 Å². The van der Waals surface area contributed by atoms with Gasteiger partial charge in [0.05, 0.1) is 31.5 Å². The van der Waals surface area contributed by atoms with Crippen LogP contribution in [0.3, 0.4) is 0 Å². The molecule has 0 fully saturated rings. The van der Waals surface area contributed by atoms with Gasteiger partial charge >= 0.3 is 0 Å². The number of hydrogen-bond donors (Lipinski definition) is 2. The normalized spacial score (nSPS) is 10.2. The van der Waals surface area contributed by atoms with E-state index < -0.39 is 0 Å². The monoisotopic (exact) mass is 465 g/mol. The fraction of sp³-hybridized carbons (Fsp3) is 0.111. The van der Waals surface area contributed by atoms with Gasteiger partial charge in [-0.3, -0.25) is 4.79 Å². The fourth-order valence-corrected chi connectivity index (χ4v) is 3.43. The summed E-state index contributed by atoms with van der Waals surface area (Å²) >= 11 is 0. The number of nitrogens with one attached hydrogen (secondary N) is 2. The highest BCUT2D eigenvalue weighted by molar-refractivity contribution is 6.04. The number of ether oxygens (including phenoxy) is 2. The number of aryl methyl sites for hydroxylation is 1. The number of nitriles is 1. The van der Waals surface area contributed by atoms with Crippen LogP contribution in [0.4, 0.5) is 17.3 Å². The van der Waals surface area contributed by atoms with E-state index in [1.165, 1.54) is 0 Å². The minimum atomic E-state index is -0.268. The van der Waals surface area contributed by atoms with Crippen LogP contribution in [-0.4, -0.2) is 30.1 Å². The molecule has 0 aliphatic carbocycles. The minimum absolute atomic E-state index is 0.268. The second-order valence-electron chi connectivity index (χ2n) is 7.63. The Morgan fingerprint density at radius 2 is 1.71 bits per heavy atom. The summed E-state index contributed by atoms with van der Waals surface area (Å²) in [4.78, 5) is 21.6. The molecule has 174 valence electrons. The van der Waals surface area contributed by atoms with Crippen molar-refractivity contribution in [3.05, 3.63) is 89.6 Å². The van der Waals surface area contributed by atoms with Gasteiger partial charge in [0.15, 0.2) is 11.5 Å². The van der Waals surface area contributed by atoms with Crippen molar-refractivity contribution in [1.29, 1.82) is 5.26 Å². The van der Waals surface area contributed by atoms with Gasteiger partial charge < -0.3 is 20.1 Å². The zero-order valence-electron chi connectivity index (χ0n) is 19.5. The molecule has 1 amide bonds. The van der Waals surface area contributed by atoms with E-state index in [0.29, 0.717) is 40.0 Å². The second-order valence-corrected chi connectivity index (χ2v) is 7.63. The number of aromatic nitrogens is 2.